The molecule has 0 bridgehead atoms. The average Bonchev–Trinajstić information content (AvgIpc) is 3.57. The van der Waals surface area contributed by atoms with Crippen molar-refractivity contribution in [1.82, 2.24) is 24.5 Å². The molecule has 2 aliphatic heterocycles. The topological polar surface area (TPSA) is 131 Å². The van der Waals surface area contributed by atoms with Crippen molar-refractivity contribution in [1.29, 1.82) is 5.41 Å². The first-order chi connectivity index (χ1) is 21.7. The molecule has 1 saturated heterocycles. The van der Waals surface area contributed by atoms with E-state index in [1.54, 1.807) is 35.5 Å². The zero-order valence-corrected chi connectivity index (χ0v) is 26.2. The van der Waals surface area contributed by atoms with Crippen molar-refractivity contribution in [2.24, 2.45) is 0 Å². The number of nitrogens with two attached hydrogens (primary N) is 1. The molecule has 4 heterocycles. The summed E-state index contributed by atoms with van der Waals surface area (Å²) in [6, 6.07) is 11.6. The van der Waals surface area contributed by atoms with E-state index in [1.165, 1.54) is 12.1 Å². The lowest BCUT2D eigenvalue weighted by Gasteiger charge is -2.26. The molecule has 0 amide bonds. The van der Waals surface area contributed by atoms with Gasteiger partial charge in [-0.2, -0.15) is 0 Å². The molecule has 0 spiro atoms. The third-order valence-corrected chi connectivity index (χ3v) is 8.79. The van der Waals surface area contributed by atoms with E-state index >= 15 is 0 Å². The van der Waals surface area contributed by atoms with Crippen molar-refractivity contribution in [3.8, 4) is 11.1 Å². The van der Waals surface area contributed by atoms with Crippen LogP contribution in [0.4, 0.5) is 18.9 Å². The molecular formula is C33H34F3N7O2S. The molecule has 2 aliphatic rings. The number of anilines is 1. The molecule has 1 fully saturated rings. The van der Waals surface area contributed by atoms with Crippen LogP contribution in [0, 0.1) is 11.2 Å². The van der Waals surface area contributed by atoms with Gasteiger partial charge in [0.1, 0.15) is 5.82 Å². The van der Waals surface area contributed by atoms with Gasteiger partial charge < -0.3 is 15.6 Å². The van der Waals surface area contributed by atoms with Crippen LogP contribution in [-0.4, -0.2) is 79.3 Å². The summed E-state index contributed by atoms with van der Waals surface area (Å²) in [7, 11) is -1.53. The van der Waals surface area contributed by atoms with Crippen molar-refractivity contribution in [3.05, 3.63) is 101 Å². The number of nitrogens with one attached hydrogen (secondary N) is 3. The first-order valence-electron chi connectivity index (χ1n) is 14.7. The quantitative estimate of drug-likeness (QED) is 0.150. The number of fused-ring (bicyclic) bond motifs is 1. The number of allylic oxidation sites excluding steroid dienone is 2. The van der Waals surface area contributed by atoms with Gasteiger partial charge in [-0.1, -0.05) is 12.1 Å². The van der Waals surface area contributed by atoms with E-state index in [0.29, 0.717) is 64.2 Å². The number of rotatable bonds is 9. The van der Waals surface area contributed by atoms with E-state index in [9.17, 15) is 21.6 Å². The molecule has 2 aromatic heterocycles. The zero-order chi connectivity index (χ0) is 32.8. The number of nitrogens with zero attached hydrogens (tertiary/aromatic N) is 3. The number of H-pyrrole nitrogens is 1. The van der Waals surface area contributed by atoms with E-state index in [1.807, 2.05) is 36.4 Å². The number of aromatic nitrogens is 2. The molecule has 2 aromatic carbocycles. The molecule has 0 saturated carbocycles. The van der Waals surface area contributed by atoms with Crippen LogP contribution in [0.5, 0.6) is 0 Å². The van der Waals surface area contributed by atoms with Gasteiger partial charge >= 0.3 is 0 Å². The molecule has 5 N–H and O–H groups in total. The highest BCUT2D eigenvalue weighted by atomic mass is 32.2. The zero-order valence-electron chi connectivity index (χ0n) is 25.4. The Morgan fingerprint density at radius 2 is 1.96 bits per heavy atom. The predicted octanol–water partition coefficient (Wildman–Crippen LogP) is 4.97. The minimum Gasteiger partial charge on any atom is -0.398 e. The summed E-state index contributed by atoms with van der Waals surface area (Å²) in [5.74, 6) is -3.17. The summed E-state index contributed by atoms with van der Waals surface area (Å²) in [4.78, 5) is 11.3. The van der Waals surface area contributed by atoms with E-state index in [-0.39, 0.29) is 25.2 Å². The number of nitrogen functional groups attached to an aromatic ring is 1. The summed E-state index contributed by atoms with van der Waals surface area (Å²) >= 11 is 0. The summed E-state index contributed by atoms with van der Waals surface area (Å²) < 4.78 is 67.7. The Kier molecular flexibility index (Phi) is 8.25. The first kappa shape index (κ1) is 31.5. The van der Waals surface area contributed by atoms with Gasteiger partial charge in [0.25, 0.3) is 5.92 Å². The largest absolute Gasteiger partial charge is 0.398 e. The number of alkyl halides is 2. The Morgan fingerprint density at radius 1 is 1.15 bits per heavy atom. The SMILES string of the molecule is CN1C=C(c2ccc(N)c(C(=N)c3cc4c(-c5cc(F)cc(CNS(C)(=O)=O)c5)cncc4[nH]3)c2)C=C(CN2CCC(F)(F)C2)C1. The second-order valence-corrected chi connectivity index (χ2v) is 13.9. The molecule has 0 aliphatic carbocycles. The Morgan fingerprint density at radius 3 is 2.70 bits per heavy atom. The average molecular weight is 650 g/mol. The van der Waals surface area contributed by atoms with Crippen LogP contribution >= 0.6 is 0 Å². The number of hydrogen-bond donors (Lipinski definition) is 4. The lowest BCUT2D eigenvalue weighted by molar-refractivity contribution is 0.0130. The van der Waals surface area contributed by atoms with Crippen LogP contribution in [0.3, 0.4) is 0 Å². The molecule has 13 heteroatoms. The number of pyridine rings is 1. The molecule has 0 atom stereocenters. The van der Waals surface area contributed by atoms with Gasteiger partial charge in [0.2, 0.25) is 10.0 Å². The Labute approximate surface area is 265 Å². The van der Waals surface area contributed by atoms with Crippen LogP contribution in [-0.2, 0) is 16.6 Å². The summed E-state index contributed by atoms with van der Waals surface area (Å²) in [6.45, 7) is 1.15. The summed E-state index contributed by atoms with van der Waals surface area (Å²) in [5, 5.41) is 9.80. The molecule has 4 aromatic rings. The third-order valence-electron chi connectivity index (χ3n) is 8.12. The Bertz CT molecular complexity index is 2020. The smallest absolute Gasteiger partial charge is 0.261 e. The van der Waals surface area contributed by atoms with Crippen molar-refractivity contribution in [2.75, 3.05) is 45.2 Å². The van der Waals surface area contributed by atoms with Crippen LogP contribution in [0.2, 0.25) is 0 Å². The Hall–Kier alpha value is -4.46. The number of hydrogen-bond acceptors (Lipinski definition) is 7. The minimum atomic E-state index is -3.47. The fourth-order valence-corrected chi connectivity index (χ4v) is 6.45. The van der Waals surface area contributed by atoms with Crippen molar-refractivity contribution in [2.45, 2.75) is 18.9 Å². The molecule has 46 heavy (non-hydrogen) atoms. The van der Waals surface area contributed by atoms with Gasteiger partial charge in [-0.3, -0.25) is 15.3 Å². The molecule has 9 nitrogen and oxygen atoms in total. The number of sulfonamides is 1. The predicted molar refractivity (Wildman–Crippen MR) is 175 cm³/mol. The van der Waals surface area contributed by atoms with Gasteiger partial charge in [-0.15, -0.1) is 0 Å². The Balaban J connectivity index is 1.29. The van der Waals surface area contributed by atoms with Crippen molar-refractivity contribution in [3.63, 3.8) is 0 Å². The van der Waals surface area contributed by atoms with Crippen LogP contribution in [0.25, 0.3) is 27.6 Å². The molecule has 240 valence electrons. The van der Waals surface area contributed by atoms with Gasteiger partial charge in [-0.05, 0) is 64.2 Å². The maximum absolute atomic E-state index is 14.6. The fourth-order valence-electron chi connectivity index (χ4n) is 6.02. The number of likely N-dealkylation sites (N-methyl/N-ethyl adjacent to an activating group) is 1. The van der Waals surface area contributed by atoms with Crippen LogP contribution in [0.15, 0.2) is 72.7 Å². The standard InChI is InChI=1S/C33H34F3N7O2S/c1-42-16-21(17-43-6-5-33(35,36)19-43)8-24(18-42)22-3-4-29(37)27(11-22)32(38)30-12-26-28(14-39-15-31(26)41-30)23-7-20(9-25(34)10-23)13-40-46(2,44)45/h3-4,7-12,14-15,18,38,40-41H,5-6,13,16-17,19,37H2,1-2H3. The second-order valence-electron chi connectivity index (χ2n) is 12.1. The van der Waals surface area contributed by atoms with Gasteiger partial charge in [0, 0.05) is 74.2 Å². The molecule has 6 rings (SSSR count). The fraction of sp³-hybridized carbons (Fsp3) is 0.273. The highest BCUT2D eigenvalue weighted by Crippen LogP contribution is 2.33. The molecule has 0 radical (unpaired) electrons. The molecular weight excluding hydrogens is 615 g/mol. The maximum Gasteiger partial charge on any atom is 0.261 e. The number of benzene rings is 2. The van der Waals surface area contributed by atoms with E-state index < -0.39 is 21.8 Å². The minimum absolute atomic E-state index is 0.0667. The number of aromatic amines is 1. The normalized spacial score (nSPS) is 16.9. The van der Waals surface area contributed by atoms with E-state index in [0.717, 1.165) is 23.0 Å². The monoisotopic (exact) mass is 649 g/mol. The van der Waals surface area contributed by atoms with E-state index in [4.69, 9.17) is 11.1 Å². The third kappa shape index (κ3) is 7.01. The maximum atomic E-state index is 14.6. The van der Waals surface area contributed by atoms with Gasteiger partial charge in [0.15, 0.2) is 0 Å². The van der Waals surface area contributed by atoms with Gasteiger partial charge in [-0.25, -0.2) is 26.3 Å². The highest BCUT2D eigenvalue weighted by Gasteiger charge is 2.38. The number of halogens is 3. The van der Waals surface area contributed by atoms with Crippen molar-refractivity contribution >= 4 is 37.9 Å². The van der Waals surface area contributed by atoms with Crippen LogP contribution in [0.1, 0.15) is 28.8 Å². The summed E-state index contributed by atoms with van der Waals surface area (Å²) in [6.07, 6.45) is 8.14. The number of likely N-dealkylation sites (tertiary alicyclic amines) is 1. The summed E-state index contributed by atoms with van der Waals surface area (Å²) in [5.41, 5.74) is 12.8. The molecule has 0 unspecified atom stereocenters. The van der Waals surface area contributed by atoms with Gasteiger partial charge in [0.05, 0.1) is 35.9 Å². The first-order valence-corrected chi connectivity index (χ1v) is 16.5. The van der Waals surface area contributed by atoms with Crippen molar-refractivity contribution < 1.29 is 21.6 Å². The second kappa shape index (κ2) is 12.0. The lowest BCUT2D eigenvalue weighted by atomic mass is 9.95. The van der Waals surface area contributed by atoms with Crippen LogP contribution < -0.4 is 10.5 Å². The van der Waals surface area contributed by atoms with E-state index in [2.05, 4.69) is 14.7 Å². The highest BCUT2D eigenvalue weighted by molar-refractivity contribution is 7.88. The lowest BCUT2D eigenvalue weighted by Crippen LogP contribution is -2.30.